The van der Waals surface area contributed by atoms with Crippen LogP contribution in [-0.2, 0) is 4.79 Å². The van der Waals surface area contributed by atoms with Crippen molar-refractivity contribution in [3.8, 4) is 5.75 Å². The second-order valence-corrected chi connectivity index (χ2v) is 8.93. The topological polar surface area (TPSA) is 112 Å². The minimum atomic E-state index is -1.51. The first-order chi connectivity index (χ1) is 17.0. The van der Waals surface area contributed by atoms with E-state index in [-0.39, 0.29) is 32.7 Å². The summed E-state index contributed by atoms with van der Waals surface area (Å²) in [4.78, 5) is 36.2. The molecule has 0 aliphatic heterocycles. The highest BCUT2D eigenvalue weighted by Crippen LogP contribution is 2.45. The van der Waals surface area contributed by atoms with Gasteiger partial charge in [-0.3, -0.25) is 4.79 Å². The number of benzene rings is 3. The number of carbonyl (C=O) groups excluding carboxylic acids is 1. The van der Waals surface area contributed by atoms with Gasteiger partial charge in [0.2, 0.25) is 0 Å². The van der Waals surface area contributed by atoms with E-state index >= 15 is 4.39 Å². The van der Waals surface area contributed by atoms with Gasteiger partial charge in [-0.15, -0.1) is 0 Å². The summed E-state index contributed by atoms with van der Waals surface area (Å²) >= 11 is 12.4. The highest BCUT2D eigenvalue weighted by molar-refractivity contribution is 6.45. The molecule has 0 fully saturated rings. The van der Waals surface area contributed by atoms with Crippen molar-refractivity contribution in [2.75, 3.05) is 0 Å². The van der Waals surface area contributed by atoms with E-state index in [0.717, 1.165) is 6.07 Å². The molecule has 4 rings (SSSR count). The molecule has 3 aromatic rings. The second-order valence-electron chi connectivity index (χ2n) is 8.14. The smallest absolute Gasteiger partial charge is 0.337 e. The van der Waals surface area contributed by atoms with Crippen molar-refractivity contribution >= 4 is 57.3 Å². The number of hydrogen-bond donors (Lipinski definition) is 3. The highest BCUT2D eigenvalue weighted by atomic mass is 35.5. The van der Waals surface area contributed by atoms with E-state index in [1.54, 1.807) is 25.1 Å². The summed E-state index contributed by atoms with van der Waals surface area (Å²) in [5.74, 6) is -4.90. The molecule has 0 unspecified atom stereocenters. The maximum Gasteiger partial charge on any atom is 0.337 e. The normalized spacial score (nSPS) is 15.0. The lowest BCUT2D eigenvalue weighted by Crippen LogP contribution is -2.12. The Morgan fingerprint density at radius 1 is 0.861 bits per heavy atom. The zero-order chi connectivity index (χ0) is 26.5. The fourth-order valence-electron chi connectivity index (χ4n) is 4.33. The van der Waals surface area contributed by atoms with Gasteiger partial charge in [-0.1, -0.05) is 53.5 Å². The van der Waals surface area contributed by atoms with E-state index in [1.807, 2.05) is 0 Å². The molecule has 1 aliphatic carbocycles. The molecule has 3 aromatic carbocycles. The van der Waals surface area contributed by atoms with Gasteiger partial charge in [0.05, 0.1) is 21.2 Å². The van der Waals surface area contributed by atoms with Crippen LogP contribution in [0.1, 0.15) is 44.3 Å². The maximum atomic E-state index is 15.3. The van der Waals surface area contributed by atoms with Crippen molar-refractivity contribution in [2.24, 2.45) is 0 Å². The summed E-state index contributed by atoms with van der Waals surface area (Å²) in [7, 11) is 0. The Balaban J connectivity index is 2.30. The van der Waals surface area contributed by atoms with Crippen molar-refractivity contribution < 1.29 is 34.1 Å². The summed E-state index contributed by atoms with van der Waals surface area (Å²) < 4.78 is 15.3. The van der Waals surface area contributed by atoms with E-state index < -0.39 is 45.4 Å². The molecule has 0 bridgehead atoms. The Bertz CT molecular complexity index is 1610. The van der Waals surface area contributed by atoms with Crippen molar-refractivity contribution in [1.29, 1.82) is 0 Å². The first-order valence-corrected chi connectivity index (χ1v) is 11.2. The van der Waals surface area contributed by atoms with Gasteiger partial charge in [-0.05, 0) is 70.9 Å². The lowest BCUT2D eigenvalue weighted by molar-refractivity contribution is -0.110. The third-order valence-electron chi connectivity index (χ3n) is 6.02. The standard InChI is InChI=1S/C27H17Cl2FO6/c1-11-9-19(31)18(28)10-17(11)21(15-7-8-16(26(33)34)23(29)22(15)27(35)36)20-12(2)24(30)25(32)14-6-4-3-5-13(14)20/h3-10,32H,1-2H3,(H,33,34)(H,35,36)/b21-17-. The number of carboxylic acids is 2. The van der Waals surface area contributed by atoms with Gasteiger partial charge in [0.1, 0.15) is 0 Å². The van der Waals surface area contributed by atoms with E-state index in [2.05, 4.69) is 0 Å². The molecule has 0 amide bonds. The third-order valence-corrected chi connectivity index (χ3v) is 6.71. The van der Waals surface area contributed by atoms with Crippen LogP contribution in [0.4, 0.5) is 4.39 Å². The Labute approximate surface area is 214 Å². The van der Waals surface area contributed by atoms with Crippen LogP contribution < -0.4 is 0 Å². The number of aromatic carboxylic acids is 2. The molecule has 0 atom stereocenters. The Morgan fingerprint density at radius 2 is 1.47 bits per heavy atom. The van der Waals surface area contributed by atoms with Crippen LogP contribution in [-0.4, -0.2) is 33.0 Å². The zero-order valence-electron chi connectivity index (χ0n) is 18.8. The average Bonchev–Trinajstić information content (AvgIpc) is 2.82. The number of carboxylic acid groups (broad SMARTS) is 2. The van der Waals surface area contributed by atoms with Crippen molar-refractivity contribution in [3.05, 3.63) is 103 Å². The number of ketones is 1. The highest BCUT2D eigenvalue weighted by Gasteiger charge is 2.30. The summed E-state index contributed by atoms with van der Waals surface area (Å²) in [5.41, 5.74) is 0.112. The summed E-state index contributed by atoms with van der Waals surface area (Å²) in [6.45, 7) is 3.03. The van der Waals surface area contributed by atoms with Crippen LogP contribution in [0.2, 0.25) is 5.02 Å². The van der Waals surface area contributed by atoms with Gasteiger partial charge in [-0.25, -0.2) is 14.0 Å². The number of fused-ring (bicyclic) bond motifs is 1. The second kappa shape index (κ2) is 9.26. The van der Waals surface area contributed by atoms with Crippen LogP contribution in [0, 0.1) is 12.7 Å². The van der Waals surface area contributed by atoms with Gasteiger partial charge in [0, 0.05) is 5.39 Å². The fourth-order valence-corrected chi connectivity index (χ4v) is 4.82. The Hall–Kier alpha value is -3.94. The van der Waals surface area contributed by atoms with Crippen molar-refractivity contribution in [1.82, 2.24) is 0 Å². The fraction of sp³-hybridized carbons (Fsp3) is 0.0741. The number of aromatic hydroxyl groups is 1. The zero-order valence-corrected chi connectivity index (χ0v) is 20.3. The summed E-state index contributed by atoms with van der Waals surface area (Å²) in [5, 5.41) is 29.9. The summed E-state index contributed by atoms with van der Waals surface area (Å²) in [6, 6.07) is 8.83. The van der Waals surface area contributed by atoms with Crippen LogP contribution in [0.15, 0.2) is 64.7 Å². The van der Waals surface area contributed by atoms with E-state index in [1.165, 1.54) is 31.2 Å². The van der Waals surface area contributed by atoms with Crippen molar-refractivity contribution in [2.45, 2.75) is 13.8 Å². The number of carbonyl (C=O) groups is 3. The molecule has 36 heavy (non-hydrogen) atoms. The minimum absolute atomic E-state index is 0.00213. The number of halogens is 3. The first kappa shape index (κ1) is 25.2. The lowest BCUT2D eigenvalue weighted by Gasteiger charge is -2.23. The number of phenols is 1. The molecule has 6 nitrogen and oxygen atoms in total. The van der Waals surface area contributed by atoms with Gasteiger partial charge in [0.15, 0.2) is 17.3 Å². The molecule has 0 spiro atoms. The quantitative estimate of drug-likeness (QED) is 0.357. The molecule has 1 aliphatic rings. The molecule has 3 N–H and O–H groups in total. The van der Waals surface area contributed by atoms with Crippen LogP contribution >= 0.6 is 23.2 Å². The first-order valence-electron chi connectivity index (χ1n) is 10.5. The van der Waals surface area contributed by atoms with E-state index in [0.29, 0.717) is 16.5 Å². The van der Waals surface area contributed by atoms with Crippen molar-refractivity contribution in [3.63, 3.8) is 0 Å². The Morgan fingerprint density at radius 3 is 2.08 bits per heavy atom. The molecule has 0 radical (unpaired) electrons. The predicted octanol–water partition coefficient (Wildman–Crippen LogP) is 6.50. The molecular formula is C27H17Cl2FO6. The van der Waals surface area contributed by atoms with Gasteiger partial charge in [0.25, 0.3) is 0 Å². The molecule has 0 heterocycles. The monoisotopic (exact) mass is 526 g/mol. The molecule has 0 aromatic heterocycles. The lowest BCUT2D eigenvalue weighted by atomic mass is 9.81. The molecule has 0 saturated carbocycles. The SMILES string of the molecule is CC1=CC(=O)C(Cl)=C/C1=C(\c1ccc(C(=O)O)c(Cl)c1C(=O)O)c1c(C)c(F)c(O)c2ccccc12. The van der Waals surface area contributed by atoms with E-state index in [9.17, 15) is 29.7 Å². The van der Waals surface area contributed by atoms with Crippen LogP contribution in [0.5, 0.6) is 5.75 Å². The van der Waals surface area contributed by atoms with Gasteiger partial charge in [-0.2, -0.15) is 0 Å². The number of allylic oxidation sites excluding steroid dienone is 5. The summed E-state index contributed by atoms with van der Waals surface area (Å²) in [6.07, 6.45) is 2.61. The maximum absolute atomic E-state index is 15.3. The predicted molar refractivity (Wildman–Crippen MR) is 134 cm³/mol. The van der Waals surface area contributed by atoms with E-state index in [4.69, 9.17) is 23.2 Å². The Kier molecular flexibility index (Phi) is 6.47. The third kappa shape index (κ3) is 3.96. The van der Waals surface area contributed by atoms with Crippen LogP contribution in [0.25, 0.3) is 16.3 Å². The number of hydrogen-bond acceptors (Lipinski definition) is 4. The minimum Gasteiger partial charge on any atom is -0.504 e. The molecule has 182 valence electrons. The van der Waals surface area contributed by atoms with Crippen LogP contribution in [0.3, 0.4) is 0 Å². The molecule has 0 saturated heterocycles. The molecule has 9 heteroatoms. The molecular weight excluding hydrogens is 510 g/mol. The van der Waals surface area contributed by atoms with Gasteiger partial charge >= 0.3 is 11.9 Å². The number of phenolic OH excluding ortho intramolecular Hbond substituents is 1. The largest absolute Gasteiger partial charge is 0.504 e. The van der Waals surface area contributed by atoms with Gasteiger partial charge < -0.3 is 15.3 Å². The average molecular weight is 527 g/mol. The number of rotatable bonds is 4.